The normalized spacial score (nSPS) is 11.8. The minimum absolute atomic E-state index is 0.657. The van der Waals surface area contributed by atoms with Crippen LogP contribution in [-0.4, -0.2) is 6.21 Å². The zero-order chi connectivity index (χ0) is 13.5. The van der Waals surface area contributed by atoms with Gasteiger partial charge in [0.05, 0.1) is 16.9 Å². The second kappa shape index (κ2) is 6.76. The number of hydrazone groups is 1. The lowest BCUT2D eigenvalue weighted by Gasteiger charge is -2.01. The predicted octanol–water partition coefficient (Wildman–Crippen LogP) is 4.84. The molecule has 0 radical (unpaired) electrons. The third kappa shape index (κ3) is 4.27. The maximum Gasteiger partial charge on any atom is 0.0748 e. The number of rotatable bonds is 4. The summed E-state index contributed by atoms with van der Waals surface area (Å²) in [5.41, 5.74) is 5.94. The first-order valence-corrected chi connectivity index (χ1v) is 6.40. The first kappa shape index (κ1) is 13.4. The number of hydrogen-bond donors (Lipinski definition) is 1. The van der Waals surface area contributed by atoms with Crippen molar-refractivity contribution in [1.82, 2.24) is 0 Å². The molecule has 0 aliphatic carbocycles. The second-order valence-electron chi connectivity index (χ2n) is 4.15. The van der Waals surface area contributed by atoms with Gasteiger partial charge in [0.1, 0.15) is 0 Å². The molecule has 0 fully saturated rings. The molecule has 96 valence electrons. The molecule has 0 unspecified atom stereocenters. The number of halogens is 1. The van der Waals surface area contributed by atoms with Crippen LogP contribution in [0.4, 0.5) is 5.69 Å². The summed E-state index contributed by atoms with van der Waals surface area (Å²) in [5.74, 6) is 0. The van der Waals surface area contributed by atoms with Crippen LogP contribution in [-0.2, 0) is 0 Å². The van der Waals surface area contributed by atoms with Crippen LogP contribution in [0.1, 0.15) is 12.5 Å². The van der Waals surface area contributed by atoms with Crippen molar-refractivity contribution in [2.45, 2.75) is 6.92 Å². The van der Waals surface area contributed by atoms with Gasteiger partial charge < -0.3 is 0 Å². The zero-order valence-electron chi connectivity index (χ0n) is 10.7. The molecule has 0 spiro atoms. The first-order valence-electron chi connectivity index (χ1n) is 6.02. The molecule has 3 heteroatoms. The Kier molecular flexibility index (Phi) is 4.76. The molecule has 0 atom stereocenters. The van der Waals surface area contributed by atoms with Crippen LogP contribution in [0.25, 0.3) is 6.08 Å². The lowest BCUT2D eigenvalue weighted by molar-refractivity contribution is 1.35. The van der Waals surface area contributed by atoms with Gasteiger partial charge in [0.25, 0.3) is 0 Å². The molecule has 2 aromatic carbocycles. The van der Waals surface area contributed by atoms with Crippen molar-refractivity contribution < 1.29 is 0 Å². The van der Waals surface area contributed by atoms with Crippen molar-refractivity contribution in [3.8, 4) is 0 Å². The van der Waals surface area contributed by atoms with Gasteiger partial charge in [-0.2, -0.15) is 5.10 Å². The summed E-state index contributed by atoms with van der Waals surface area (Å²) in [7, 11) is 0. The number of para-hydroxylation sites is 1. The lowest BCUT2D eigenvalue weighted by atomic mass is 10.1. The summed E-state index contributed by atoms with van der Waals surface area (Å²) < 4.78 is 0. The van der Waals surface area contributed by atoms with E-state index in [0.29, 0.717) is 5.02 Å². The van der Waals surface area contributed by atoms with Crippen LogP contribution < -0.4 is 5.43 Å². The van der Waals surface area contributed by atoms with Crippen LogP contribution in [0.15, 0.2) is 65.3 Å². The van der Waals surface area contributed by atoms with Crippen molar-refractivity contribution in [2.75, 3.05) is 5.43 Å². The van der Waals surface area contributed by atoms with Gasteiger partial charge >= 0.3 is 0 Å². The Balaban J connectivity index is 2.00. The maximum atomic E-state index is 6.02. The van der Waals surface area contributed by atoms with E-state index >= 15 is 0 Å². The first-order chi connectivity index (χ1) is 9.25. The van der Waals surface area contributed by atoms with Gasteiger partial charge in [-0.25, -0.2) is 0 Å². The van der Waals surface area contributed by atoms with E-state index in [-0.39, 0.29) is 0 Å². The van der Waals surface area contributed by atoms with Crippen LogP contribution >= 0.6 is 11.6 Å². The number of allylic oxidation sites excluding steroid dienone is 1. The van der Waals surface area contributed by atoms with Crippen molar-refractivity contribution >= 4 is 29.6 Å². The Labute approximate surface area is 118 Å². The molecule has 0 aliphatic heterocycles. The molecule has 2 nitrogen and oxygen atoms in total. The number of nitrogens with one attached hydrogen (secondary N) is 1. The van der Waals surface area contributed by atoms with E-state index in [4.69, 9.17) is 11.6 Å². The van der Waals surface area contributed by atoms with Crippen LogP contribution in [0.2, 0.25) is 5.02 Å². The summed E-state index contributed by atoms with van der Waals surface area (Å²) in [6.45, 7) is 2.00. The van der Waals surface area contributed by atoms with E-state index in [2.05, 4.69) is 28.7 Å². The van der Waals surface area contributed by atoms with Crippen LogP contribution in [0, 0.1) is 0 Å². The Bertz CT molecular complexity index is 589. The molecule has 0 heterocycles. The van der Waals surface area contributed by atoms with E-state index in [1.165, 1.54) is 0 Å². The van der Waals surface area contributed by atoms with E-state index < -0.39 is 0 Å². The topological polar surface area (TPSA) is 24.4 Å². The highest BCUT2D eigenvalue weighted by atomic mass is 35.5. The Morgan fingerprint density at radius 1 is 1.05 bits per heavy atom. The molecule has 2 rings (SSSR count). The fraction of sp³-hybridized carbons (Fsp3) is 0.0625. The second-order valence-corrected chi connectivity index (χ2v) is 4.56. The predicted molar refractivity (Wildman–Crippen MR) is 83.7 cm³/mol. The van der Waals surface area contributed by atoms with Gasteiger partial charge in [0.2, 0.25) is 0 Å². The fourth-order valence-electron chi connectivity index (χ4n) is 1.60. The number of nitrogens with zero attached hydrogens (tertiary/aromatic N) is 1. The summed E-state index contributed by atoms with van der Waals surface area (Å²) in [4.78, 5) is 0. The maximum absolute atomic E-state index is 6.02. The largest absolute Gasteiger partial charge is 0.277 e. The molecule has 1 N–H and O–H groups in total. The SMILES string of the molecule is CC(/C=N/Nc1ccccc1Cl)=C\c1ccccc1. The summed E-state index contributed by atoms with van der Waals surface area (Å²) in [6.07, 6.45) is 3.84. The standard InChI is InChI=1S/C16H15ClN2/c1-13(11-14-7-3-2-4-8-14)12-18-19-16-10-6-5-9-15(16)17/h2-12,19H,1H3/b13-11+,18-12+. The fourth-order valence-corrected chi connectivity index (χ4v) is 1.78. The number of anilines is 1. The molecule has 0 saturated carbocycles. The highest BCUT2D eigenvalue weighted by Crippen LogP contribution is 2.20. The van der Waals surface area contributed by atoms with E-state index in [9.17, 15) is 0 Å². The minimum atomic E-state index is 0.657. The van der Waals surface area contributed by atoms with E-state index in [1.54, 1.807) is 6.21 Å². The molecule has 2 aromatic rings. The third-order valence-electron chi connectivity index (χ3n) is 2.52. The van der Waals surface area contributed by atoms with Crippen molar-refractivity contribution in [1.29, 1.82) is 0 Å². The van der Waals surface area contributed by atoms with Gasteiger partial charge in [-0.1, -0.05) is 60.1 Å². The van der Waals surface area contributed by atoms with Crippen LogP contribution in [0.5, 0.6) is 0 Å². The number of benzene rings is 2. The average molecular weight is 271 g/mol. The summed E-state index contributed by atoms with van der Waals surface area (Å²) in [6, 6.07) is 17.6. The highest BCUT2D eigenvalue weighted by molar-refractivity contribution is 6.33. The Hall–Kier alpha value is -2.06. The highest BCUT2D eigenvalue weighted by Gasteiger charge is 1.94. The van der Waals surface area contributed by atoms with Crippen molar-refractivity contribution in [2.24, 2.45) is 5.10 Å². The average Bonchev–Trinajstić information content (AvgIpc) is 2.42. The molecule has 0 amide bonds. The molecule has 19 heavy (non-hydrogen) atoms. The smallest absolute Gasteiger partial charge is 0.0748 e. The quantitative estimate of drug-likeness (QED) is 0.624. The molecule has 0 bridgehead atoms. The van der Waals surface area contributed by atoms with E-state index in [0.717, 1.165) is 16.8 Å². The zero-order valence-corrected chi connectivity index (χ0v) is 11.4. The molecule has 0 aliphatic rings. The van der Waals surface area contributed by atoms with Gasteiger partial charge in [-0.05, 0) is 30.2 Å². The third-order valence-corrected chi connectivity index (χ3v) is 2.85. The van der Waals surface area contributed by atoms with Gasteiger partial charge in [-0.3, -0.25) is 5.43 Å². The van der Waals surface area contributed by atoms with E-state index in [1.807, 2.05) is 49.4 Å². The Morgan fingerprint density at radius 3 is 2.47 bits per heavy atom. The van der Waals surface area contributed by atoms with Gasteiger partial charge in [0.15, 0.2) is 0 Å². The molecular formula is C16H15ClN2. The van der Waals surface area contributed by atoms with Crippen LogP contribution in [0.3, 0.4) is 0 Å². The van der Waals surface area contributed by atoms with Gasteiger partial charge in [-0.15, -0.1) is 0 Å². The molecule has 0 aromatic heterocycles. The summed E-state index contributed by atoms with van der Waals surface area (Å²) >= 11 is 6.02. The minimum Gasteiger partial charge on any atom is -0.277 e. The molecule has 0 saturated heterocycles. The Morgan fingerprint density at radius 2 is 1.74 bits per heavy atom. The summed E-state index contributed by atoms with van der Waals surface area (Å²) in [5, 5.41) is 4.83. The van der Waals surface area contributed by atoms with Crippen molar-refractivity contribution in [3.63, 3.8) is 0 Å². The molecular weight excluding hydrogens is 256 g/mol. The number of hydrogen-bond acceptors (Lipinski definition) is 2. The lowest BCUT2D eigenvalue weighted by Crippen LogP contribution is -1.90. The van der Waals surface area contributed by atoms with Crippen molar-refractivity contribution in [3.05, 3.63) is 70.8 Å². The van der Waals surface area contributed by atoms with Gasteiger partial charge in [0, 0.05) is 0 Å². The monoisotopic (exact) mass is 270 g/mol.